The van der Waals surface area contributed by atoms with Crippen molar-refractivity contribution in [2.24, 2.45) is 5.73 Å². The van der Waals surface area contributed by atoms with Crippen LogP contribution in [-0.2, 0) is 19.1 Å². The van der Waals surface area contributed by atoms with Crippen molar-refractivity contribution in [1.29, 1.82) is 0 Å². The Morgan fingerprint density at radius 3 is 2.50 bits per heavy atom. The number of hydrogen-bond acceptors (Lipinski definition) is 4. The number of ether oxygens (including phenoxy) is 1. The zero-order chi connectivity index (χ0) is 14.0. The average molecular weight is 260 g/mol. The quantitative estimate of drug-likeness (QED) is 0.463. The fraction of sp³-hybridized carbons (Fsp3) is 0.727. The molecule has 0 bridgehead atoms. The van der Waals surface area contributed by atoms with Gasteiger partial charge in [-0.05, 0) is 19.8 Å². The number of carboxylic acids is 1. The van der Waals surface area contributed by atoms with Gasteiger partial charge in [-0.3, -0.25) is 9.59 Å². The SMILES string of the molecule is CCOCCCC(=O)NC(CCC(N)=O)C(=O)O. The van der Waals surface area contributed by atoms with Gasteiger partial charge in [-0.1, -0.05) is 0 Å². The summed E-state index contributed by atoms with van der Waals surface area (Å²) >= 11 is 0. The summed E-state index contributed by atoms with van der Waals surface area (Å²) in [4.78, 5) is 32.8. The lowest BCUT2D eigenvalue weighted by atomic mass is 10.1. The van der Waals surface area contributed by atoms with Crippen LogP contribution in [-0.4, -0.2) is 42.1 Å². The molecule has 0 spiro atoms. The fourth-order valence-electron chi connectivity index (χ4n) is 1.29. The summed E-state index contributed by atoms with van der Waals surface area (Å²) < 4.78 is 5.06. The van der Waals surface area contributed by atoms with E-state index in [1.807, 2.05) is 6.92 Å². The highest BCUT2D eigenvalue weighted by atomic mass is 16.5. The van der Waals surface area contributed by atoms with Gasteiger partial charge in [-0.15, -0.1) is 0 Å². The number of amides is 2. The van der Waals surface area contributed by atoms with Crippen LogP contribution in [0.3, 0.4) is 0 Å². The third kappa shape index (κ3) is 8.51. The second-order valence-electron chi connectivity index (χ2n) is 3.76. The van der Waals surface area contributed by atoms with E-state index in [1.54, 1.807) is 0 Å². The first-order valence-electron chi connectivity index (χ1n) is 5.85. The van der Waals surface area contributed by atoms with Crippen LogP contribution in [0.25, 0.3) is 0 Å². The van der Waals surface area contributed by atoms with E-state index in [1.165, 1.54) is 0 Å². The van der Waals surface area contributed by atoms with Crippen molar-refractivity contribution in [3.05, 3.63) is 0 Å². The number of primary amides is 1. The standard InChI is InChI=1S/C11H20N2O5/c1-2-18-7-3-4-10(15)13-8(11(16)17)5-6-9(12)14/h8H,2-7H2,1H3,(H2,12,14)(H,13,15)(H,16,17). The summed E-state index contributed by atoms with van der Waals surface area (Å²) in [6.45, 7) is 2.89. The summed E-state index contributed by atoms with van der Waals surface area (Å²) in [5, 5.41) is 11.2. The van der Waals surface area contributed by atoms with Crippen molar-refractivity contribution in [2.45, 2.75) is 38.6 Å². The maximum absolute atomic E-state index is 11.4. The van der Waals surface area contributed by atoms with Crippen molar-refractivity contribution in [1.82, 2.24) is 5.32 Å². The predicted molar refractivity (Wildman–Crippen MR) is 63.7 cm³/mol. The first-order chi connectivity index (χ1) is 8.47. The van der Waals surface area contributed by atoms with E-state index in [9.17, 15) is 14.4 Å². The van der Waals surface area contributed by atoms with E-state index in [4.69, 9.17) is 15.6 Å². The molecule has 18 heavy (non-hydrogen) atoms. The highest BCUT2D eigenvalue weighted by molar-refractivity contribution is 5.84. The van der Waals surface area contributed by atoms with E-state index in [0.29, 0.717) is 19.6 Å². The summed E-state index contributed by atoms with van der Waals surface area (Å²) in [6, 6.07) is -1.07. The van der Waals surface area contributed by atoms with Crippen molar-refractivity contribution in [3.8, 4) is 0 Å². The smallest absolute Gasteiger partial charge is 0.326 e. The van der Waals surface area contributed by atoms with Crippen LogP contribution < -0.4 is 11.1 Å². The molecule has 104 valence electrons. The minimum atomic E-state index is -1.17. The van der Waals surface area contributed by atoms with Gasteiger partial charge in [0, 0.05) is 26.1 Å². The van der Waals surface area contributed by atoms with Gasteiger partial charge >= 0.3 is 5.97 Å². The molecule has 2 amide bonds. The van der Waals surface area contributed by atoms with Gasteiger partial charge in [0.05, 0.1) is 0 Å². The third-order valence-corrected chi connectivity index (χ3v) is 2.21. The molecule has 0 aromatic rings. The van der Waals surface area contributed by atoms with Gasteiger partial charge in [-0.25, -0.2) is 4.79 Å². The van der Waals surface area contributed by atoms with E-state index >= 15 is 0 Å². The van der Waals surface area contributed by atoms with Gasteiger partial charge < -0.3 is 20.9 Å². The Morgan fingerprint density at radius 2 is 2.00 bits per heavy atom. The van der Waals surface area contributed by atoms with Crippen molar-refractivity contribution in [3.63, 3.8) is 0 Å². The Bertz CT molecular complexity index is 293. The summed E-state index contributed by atoms with van der Waals surface area (Å²) in [5.74, 6) is -2.13. The normalized spacial score (nSPS) is 11.8. The largest absolute Gasteiger partial charge is 0.480 e. The average Bonchev–Trinajstić information content (AvgIpc) is 2.29. The van der Waals surface area contributed by atoms with Crippen LogP contribution in [0.15, 0.2) is 0 Å². The lowest BCUT2D eigenvalue weighted by Crippen LogP contribution is -2.41. The molecular formula is C11H20N2O5. The lowest BCUT2D eigenvalue weighted by Gasteiger charge is -2.13. The van der Waals surface area contributed by atoms with E-state index in [2.05, 4.69) is 5.32 Å². The molecule has 4 N–H and O–H groups in total. The van der Waals surface area contributed by atoms with Gasteiger partial charge in [0.15, 0.2) is 0 Å². The predicted octanol–water partition coefficient (Wildman–Crippen LogP) is -0.362. The molecule has 0 aromatic carbocycles. The number of rotatable bonds is 10. The van der Waals surface area contributed by atoms with Crippen LogP contribution in [0.1, 0.15) is 32.6 Å². The number of carbonyl (C=O) groups is 3. The monoisotopic (exact) mass is 260 g/mol. The maximum atomic E-state index is 11.4. The number of aliphatic carboxylic acids is 1. The maximum Gasteiger partial charge on any atom is 0.326 e. The fourth-order valence-corrected chi connectivity index (χ4v) is 1.29. The minimum Gasteiger partial charge on any atom is -0.480 e. The summed E-state index contributed by atoms with van der Waals surface area (Å²) in [7, 11) is 0. The lowest BCUT2D eigenvalue weighted by molar-refractivity contribution is -0.142. The molecule has 7 heteroatoms. The first kappa shape index (κ1) is 16.4. The minimum absolute atomic E-state index is 0.00185. The highest BCUT2D eigenvalue weighted by Gasteiger charge is 2.20. The third-order valence-electron chi connectivity index (χ3n) is 2.21. The van der Waals surface area contributed by atoms with Crippen molar-refractivity contribution >= 4 is 17.8 Å². The van der Waals surface area contributed by atoms with Gasteiger partial charge in [0.25, 0.3) is 0 Å². The Kier molecular flexibility index (Phi) is 8.55. The molecule has 1 atom stereocenters. The summed E-state index contributed by atoms with van der Waals surface area (Å²) in [5.41, 5.74) is 4.92. The second-order valence-corrected chi connectivity index (χ2v) is 3.76. The molecule has 7 nitrogen and oxygen atoms in total. The van der Waals surface area contributed by atoms with Gasteiger partial charge in [0.1, 0.15) is 6.04 Å². The number of carbonyl (C=O) groups excluding carboxylic acids is 2. The number of carboxylic acid groups (broad SMARTS) is 1. The zero-order valence-electron chi connectivity index (χ0n) is 10.5. The molecule has 0 aliphatic heterocycles. The van der Waals surface area contributed by atoms with E-state index in [-0.39, 0.29) is 25.2 Å². The molecular weight excluding hydrogens is 240 g/mol. The molecule has 0 aromatic heterocycles. The van der Waals surface area contributed by atoms with E-state index < -0.39 is 17.9 Å². The first-order valence-corrected chi connectivity index (χ1v) is 5.85. The van der Waals surface area contributed by atoms with Crippen LogP contribution >= 0.6 is 0 Å². The Labute approximate surface area is 106 Å². The van der Waals surface area contributed by atoms with Crippen molar-refractivity contribution < 1.29 is 24.2 Å². The molecule has 0 heterocycles. The zero-order valence-corrected chi connectivity index (χ0v) is 10.5. The molecule has 0 aliphatic rings. The van der Waals surface area contributed by atoms with Crippen LogP contribution in [0.4, 0.5) is 0 Å². The number of hydrogen-bond donors (Lipinski definition) is 3. The number of nitrogens with one attached hydrogen (secondary N) is 1. The second kappa shape index (κ2) is 9.41. The van der Waals surface area contributed by atoms with Crippen LogP contribution in [0.2, 0.25) is 0 Å². The summed E-state index contributed by atoms with van der Waals surface area (Å²) in [6.07, 6.45) is 0.653. The molecule has 0 saturated carbocycles. The molecule has 0 rings (SSSR count). The van der Waals surface area contributed by atoms with Crippen LogP contribution in [0, 0.1) is 0 Å². The van der Waals surface area contributed by atoms with E-state index in [0.717, 1.165) is 0 Å². The molecule has 0 radical (unpaired) electrons. The van der Waals surface area contributed by atoms with Gasteiger partial charge in [0.2, 0.25) is 11.8 Å². The van der Waals surface area contributed by atoms with Crippen LogP contribution in [0.5, 0.6) is 0 Å². The highest BCUT2D eigenvalue weighted by Crippen LogP contribution is 1.99. The van der Waals surface area contributed by atoms with Crippen molar-refractivity contribution in [2.75, 3.05) is 13.2 Å². The Hall–Kier alpha value is -1.63. The molecule has 0 fully saturated rings. The molecule has 0 saturated heterocycles. The molecule has 0 aliphatic carbocycles. The number of nitrogens with two attached hydrogens (primary N) is 1. The Balaban J connectivity index is 3.96. The Morgan fingerprint density at radius 1 is 1.33 bits per heavy atom. The molecule has 1 unspecified atom stereocenters. The van der Waals surface area contributed by atoms with Gasteiger partial charge in [-0.2, -0.15) is 0 Å². The topological polar surface area (TPSA) is 119 Å².